The van der Waals surface area contributed by atoms with Gasteiger partial charge in [-0.2, -0.15) is 0 Å². The first-order valence-corrected chi connectivity index (χ1v) is 10.0. The van der Waals surface area contributed by atoms with E-state index < -0.39 is 0 Å². The molecule has 3 atom stereocenters. The third-order valence-corrected chi connectivity index (χ3v) is 4.59. The van der Waals surface area contributed by atoms with Crippen LogP contribution in [0, 0.1) is 0 Å². The summed E-state index contributed by atoms with van der Waals surface area (Å²) in [7, 11) is 6.45. The number of hydrogen-bond donors (Lipinski definition) is 0. The van der Waals surface area contributed by atoms with Crippen LogP contribution in [0.15, 0.2) is 52.2 Å². The molecule has 174 valence electrons. The molecular weight excluding hydrogens is 717 g/mol. The van der Waals surface area contributed by atoms with Crippen molar-refractivity contribution in [2.75, 3.05) is 40.8 Å². The summed E-state index contributed by atoms with van der Waals surface area (Å²) < 4.78 is 2.61. The molecule has 30 heavy (non-hydrogen) atoms. The van der Waals surface area contributed by atoms with Crippen LogP contribution in [0.4, 0.5) is 0 Å². The Morgan fingerprint density at radius 3 is 0.867 bits per heavy atom. The maximum atomic E-state index is 4.02. The van der Waals surface area contributed by atoms with Crippen LogP contribution in [0.1, 0.15) is 40.0 Å². The smallest absolute Gasteiger partial charge is 0.194 e. The minimum Gasteiger partial charge on any atom is -1.00 e. The van der Waals surface area contributed by atoms with E-state index in [0.717, 1.165) is 33.1 Å². The fourth-order valence-electron chi connectivity index (χ4n) is 3.10. The molecule has 0 fully saturated rings. The van der Waals surface area contributed by atoms with E-state index >= 15 is 0 Å². The highest BCUT2D eigenvalue weighted by atomic mass is 127. The Morgan fingerprint density at radius 1 is 0.500 bits per heavy atom. The van der Waals surface area contributed by atoms with E-state index in [2.05, 4.69) is 75.5 Å². The summed E-state index contributed by atoms with van der Waals surface area (Å²) in [5, 5.41) is 0. The van der Waals surface area contributed by atoms with Crippen molar-refractivity contribution in [3.8, 4) is 0 Å². The molecule has 3 rings (SSSR count). The third-order valence-electron chi connectivity index (χ3n) is 4.59. The van der Waals surface area contributed by atoms with Gasteiger partial charge >= 0.3 is 0 Å². The van der Waals surface area contributed by atoms with Gasteiger partial charge in [-0.25, -0.2) is 15.0 Å². The van der Waals surface area contributed by atoms with Crippen molar-refractivity contribution in [1.29, 1.82) is 0 Å². The van der Waals surface area contributed by atoms with Crippen LogP contribution in [-0.2, 0) is 0 Å². The van der Waals surface area contributed by atoms with Gasteiger partial charge in [-0.1, -0.05) is 20.8 Å². The molecule has 0 aliphatic carbocycles. The molecule has 3 unspecified atom stereocenters. The largest absolute Gasteiger partial charge is 1.00 e. The quantitative estimate of drug-likeness (QED) is 0.193. The molecule has 0 bridgehead atoms. The predicted molar refractivity (Wildman–Crippen MR) is 117 cm³/mol. The molecule has 3 aliphatic rings. The molecule has 3 heterocycles. The lowest BCUT2D eigenvalue weighted by atomic mass is 10.4. The summed E-state index contributed by atoms with van der Waals surface area (Å²) in [5.74, 6) is 0. The summed E-state index contributed by atoms with van der Waals surface area (Å²) in [5.41, 5.74) is 0. The van der Waals surface area contributed by atoms with Crippen molar-refractivity contribution in [2.45, 2.75) is 40.0 Å². The molecule has 0 spiro atoms. The maximum Gasteiger partial charge on any atom is 0.194 e. The molecule has 0 radical (unpaired) electrons. The third kappa shape index (κ3) is 13.7. The molecule has 0 aromatic heterocycles. The standard InChI is InChI=1S/3C7H13N2.3HI/c3*1-3-5-9(2)6-4-8-7-9;;;/h3*4,6-7H,3,5H2,1-2H3;3*1H/q3*+1;;;/p-3. The Balaban J connectivity index is -0.000000347. The van der Waals surface area contributed by atoms with Crippen LogP contribution in [0.2, 0.25) is 0 Å². The molecular formula is C21H39I3N6. The van der Waals surface area contributed by atoms with E-state index in [1.165, 1.54) is 19.3 Å². The van der Waals surface area contributed by atoms with E-state index in [-0.39, 0.29) is 71.9 Å². The SMILES string of the molecule is CCC[N+]1(C)C=CN=C1.CCC[N+]1(C)C=CN=C1.CCC[N+]1(C)C=CN=C1.[I-].[I-].[I-]. The topological polar surface area (TPSA) is 37.1 Å². The molecule has 0 aromatic carbocycles. The summed E-state index contributed by atoms with van der Waals surface area (Å²) in [6.07, 6.45) is 21.4. The Bertz CT molecular complexity index is 505. The van der Waals surface area contributed by atoms with Crippen molar-refractivity contribution in [1.82, 2.24) is 0 Å². The monoisotopic (exact) mass is 756 g/mol. The minimum atomic E-state index is 0. The van der Waals surface area contributed by atoms with Gasteiger partial charge in [-0.05, 0) is 19.3 Å². The Morgan fingerprint density at radius 2 is 0.733 bits per heavy atom. The van der Waals surface area contributed by atoms with Crippen LogP contribution in [-0.4, -0.2) is 73.2 Å². The second-order valence-corrected chi connectivity index (χ2v) is 7.90. The predicted octanol–water partition coefficient (Wildman–Crippen LogP) is -4.92. The van der Waals surface area contributed by atoms with Crippen LogP contribution in [0.25, 0.3) is 0 Å². The van der Waals surface area contributed by atoms with Crippen LogP contribution in [0.5, 0.6) is 0 Å². The highest BCUT2D eigenvalue weighted by Gasteiger charge is 2.18. The average molecular weight is 756 g/mol. The first kappa shape index (κ1) is 34.9. The second kappa shape index (κ2) is 17.8. The highest BCUT2D eigenvalue weighted by Crippen LogP contribution is 2.08. The normalized spacial score (nSPS) is 28.6. The maximum absolute atomic E-state index is 4.02. The van der Waals surface area contributed by atoms with Crippen molar-refractivity contribution in [2.24, 2.45) is 15.0 Å². The fourth-order valence-corrected chi connectivity index (χ4v) is 3.10. The highest BCUT2D eigenvalue weighted by molar-refractivity contribution is 5.51. The van der Waals surface area contributed by atoms with Gasteiger partial charge in [0, 0.05) is 0 Å². The number of hydrogen-bond acceptors (Lipinski definition) is 3. The van der Waals surface area contributed by atoms with Crippen LogP contribution in [0.3, 0.4) is 0 Å². The second-order valence-electron chi connectivity index (χ2n) is 7.90. The van der Waals surface area contributed by atoms with Gasteiger partial charge in [0.25, 0.3) is 0 Å². The average Bonchev–Trinajstić information content (AvgIpc) is 3.33. The lowest BCUT2D eigenvalue weighted by molar-refractivity contribution is -0.756. The Hall–Kier alpha value is 0.300. The molecule has 0 aromatic rings. The van der Waals surface area contributed by atoms with Crippen LogP contribution >= 0.6 is 0 Å². The first-order valence-electron chi connectivity index (χ1n) is 10.0. The van der Waals surface area contributed by atoms with Gasteiger partial charge in [0.1, 0.15) is 18.6 Å². The zero-order valence-electron chi connectivity index (χ0n) is 19.3. The summed E-state index contributed by atoms with van der Waals surface area (Å²) in [4.78, 5) is 12.1. The van der Waals surface area contributed by atoms with Crippen molar-refractivity contribution >= 4 is 19.0 Å². The number of aliphatic imine (C=N–C) groups is 3. The van der Waals surface area contributed by atoms with Gasteiger partial charge in [0.2, 0.25) is 0 Å². The molecule has 6 nitrogen and oxygen atoms in total. The number of quaternary nitrogens is 3. The zero-order chi connectivity index (χ0) is 20.2. The van der Waals surface area contributed by atoms with Gasteiger partial charge in [-0.15, -0.1) is 0 Å². The van der Waals surface area contributed by atoms with Crippen molar-refractivity contribution in [3.05, 3.63) is 37.2 Å². The van der Waals surface area contributed by atoms with E-state index in [4.69, 9.17) is 0 Å². The van der Waals surface area contributed by atoms with E-state index in [0.29, 0.717) is 0 Å². The molecule has 0 saturated heterocycles. The van der Waals surface area contributed by atoms with Gasteiger partial charge in [0.05, 0.1) is 59.4 Å². The Kier molecular flexibility index (Phi) is 20.7. The van der Waals surface area contributed by atoms with Gasteiger partial charge in [0.15, 0.2) is 19.0 Å². The fraction of sp³-hybridized carbons (Fsp3) is 0.571. The Labute approximate surface area is 235 Å². The van der Waals surface area contributed by atoms with Crippen molar-refractivity contribution in [3.63, 3.8) is 0 Å². The zero-order valence-corrected chi connectivity index (χ0v) is 25.7. The molecule has 0 amide bonds. The van der Waals surface area contributed by atoms with Gasteiger partial charge < -0.3 is 71.9 Å². The number of nitrogens with zero attached hydrogens (tertiary/aromatic N) is 6. The van der Waals surface area contributed by atoms with E-state index in [1.807, 2.05) is 37.6 Å². The van der Waals surface area contributed by atoms with E-state index in [9.17, 15) is 0 Å². The lowest BCUT2D eigenvalue weighted by Crippen LogP contribution is -3.00. The summed E-state index contributed by atoms with van der Waals surface area (Å²) in [6, 6.07) is 0. The minimum absolute atomic E-state index is 0. The molecule has 0 N–H and O–H groups in total. The van der Waals surface area contributed by atoms with Crippen LogP contribution < -0.4 is 71.9 Å². The summed E-state index contributed by atoms with van der Waals surface area (Å²) in [6.45, 7) is 10.0. The number of halogens is 3. The van der Waals surface area contributed by atoms with Gasteiger partial charge in [-0.3, -0.25) is 13.4 Å². The first-order chi connectivity index (χ1) is 12.8. The lowest BCUT2D eigenvalue weighted by Gasteiger charge is -2.19. The van der Waals surface area contributed by atoms with E-state index in [1.54, 1.807) is 0 Å². The van der Waals surface area contributed by atoms with Crippen molar-refractivity contribution < 1.29 is 85.4 Å². The number of rotatable bonds is 6. The molecule has 9 heteroatoms. The molecule has 3 aliphatic heterocycles. The summed E-state index contributed by atoms with van der Waals surface area (Å²) >= 11 is 0. The molecule has 0 saturated carbocycles.